The van der Waals surface area contributed by atoms with E-state index in [4.69, 9.17) is 4.74 Å². The predicted octanol–water partition coefficient (Wildman–Crippen LogP) is 2.33. The summed E-state index contributed by atoms with van der Waals surface area (Å²) < 4.78 is 42.9. The summed E-state index contributed by atoms with van der Waals surface area (Å²) in [5, 5.41) is 7.55. The molecule has 0 spiro atoms. The number of esters is 1. The summed E-state index contributed by atoms with van der Waals surface area (Å²) in [6.45, 7) is 2.40. The van der Waals surface area contributed by atoms with E-state index >= 15 is 0 Å². The molecule has 3 heterocycles. The Morgan fingerprint density at radius 3 is 2.67 bits per heavy atom. The smallest absolute Gasteiger partial charge is 0.392 e. The molecule has 11 heteroatoms. The van der Waals surface area contributed by atoms with Gasteiger partial charge in [-0.2, -0.15) is 18.3 Å². The highest BCUT2D eigenvalue weighted by Gasteiger charge is 2.29. The first-order valence-electron chi connectivity index (χ1n) is 8.33. The molecular weight excluding hydrogens is 389 g/mol. The topological polar surface area (TPSA) is 88.5 Å². The van der Waals surface area contributed by atoms with E-state index < -0.39 is 30.7 Å². The van der Waals surface area contributed by atoms with Gasteiger partial charge in [-0.1, -0.05) is 0 Å². The van der Waals surface area contributed by atoms with Crippen LogP contribution in [0, 0.1) is 6.92 Å². The number of H-pyrrole nitrogens is 1. The number of rotatable bonds is 4. The zero-order chi connectivity index (χ0) is 18.9. The number of halogens is 4. The molecule has 150 valence electrons. The van der Waals surface area contributed by atoms with Gasteiger partial charge in [-0.3, -0.25) is 4.79 Å². The van der Waals surface area contributed by atoms with Crippen LogP contribution in [0.4, 0.5) is 13.2 Å². The fourth-order valence-electron chi connectivity index (χ4n) is 3.16. The lowest BCUT2D eigenvalue weighted by Crippen LogP contribution is -2.28. The molecule has 0 amide bonds. The maximum Gasteiger partial charge on any atom is 0.392 e. The molecule has 1 saturated heterocycles. The minimum absolute atomic E-state index is 0. The molecule has 2 aromatic heterocycles. The van der Waals surface area contributed by atoms with Crippen LogP contribution in [-0.2, 0) is 4.74 Å². The molecule has 0 aliphatic carbocycles. The highest BCUT2D eigenvalue weighted by atomic mass is 35.5. The van der Waals surface area contributed by atoms with Gasteiger partial charge in [0, 0.05) is 12.0 Å². The third kappa shape index (κ3) is 4.81. The van der Waals surface area contributed by atoms with Gasteiger partial charge in [0.05, 0.1) is 17.8 Å². The summed E-state index contributed by atoms with van der Waals surface area (Å²) in [6.07, 6.45) is -3.99. The van der Waals surface area contributed by atoms with Crippen molar-refractivity contribution < 1.29 is 22.7 Å². The van der Waals surface area contributed by atoms with Crippen molar-refractivity contribution in [1.29, 1.82) is 0 Å². The number of piperidine rings is 1. The van der Waals surface area contributed by atoms with Crippen LogP contribution in [-0.4, -0.2) is 46.4 Å². The van der Waals surface area contributed by atoms with Gasteiger partial charge in [0.25, 0.3) is 5.56 Å². The first-order valence-corrected chi connectivity index (χ1v) is 8.33. The van der Waals surface area contributed by atoms with Crippen LogP contribution < -0.4 is 10.9 Å². The second-order valence-corrected chi connectivity index (χ2v) is 6.30. The number of hydrogen-bond donors (Lipinski definition) is 2. The fraction of sp³-hybridized carbons (Fsp3) is 0.562. The van der Waals surface area contributed by atoms with Gasteiger partial charge < -0.3 is 15.0 Å². The first-order chi connectivity index (χ1) is 12.3. The molecule has 3 rings (SSSR count). The number of aromatic nitrogens is 3. The van der Waals surface area contributed by atoms with Gasteiger partial charge in [-0.15, -0.1) is 12.4 Å². The molecule has 2 N–H and O–H groups in total. The third-order valence-electron chi connectivity index (χ3n) is 4.41. The molecule has 0 bridgehead atoms. The van der Waals surface area contributed by atoms with Crippen LogP contribution in [0.5, 0.6) is 0 Å². The molecular formula is C16H20ClF3N4O3. The number of ether oxygens (including phenoxy) is 1. The van der Waals surface area contributed by atoms with Crippen LogP contribution in [0.3, 0.4) is 0 Å². The van der Waals surface area contributed by atoms with Gasteiger partial charge in [-0.25, -0.2) is 9.31 Å². The van der Waals surface area contributed by atoms with E-state index in [1.54, 1.807) is 6.92 Å². The second-order valence-electron chi connectivity index (χ2n) is 6.30. The molecule has 1 aliphatic heterocycles. The van der Waals surface area contributed by atoms with E-state index in [9.17, 15) is 22.8 Å². The minimum Gasteiger partial charge on any atom is -0.462 e. The predicted molar refractivity (Wildman–Crippen MR) is 93.6 cm³/mol. The van der Waals surface area contributed by atoms with E-state index in [0.29, 0.717) is 11.4 Å². The second kappa shape index (κ2) is 8.30. The third-order valence-corrected chi connectivity index (χ3v) is 4.41. The number of hydrogen-bond acceptors (Lipinski definition) is 5. The molecule has 0 atom stereocenters. The monoisotopic (exact) mass is 408 g/mol. The summed E-state index contributed by atoms with van der Waals surface area (Å²) in [7, 11) is 0. The van der Waals surface area contributed by atoms with E-state index in [0.717, 1.165) is 25.9 Å². The Balaban J connectivity index is 0.00000261. The fourth-order valence-corrected chi connectivity index (χ4v) is 3.16. The van der Waals surface area contributed by atoms with Crippen molar-refractivity contribution in [1.82, 2.24) is 19.9 Å². The zero-order valence-electron chi connectivity index (χ0n) is 14.6. The van der Waals surface area contributed by atoms with Crippen LogP contribution in [0.25, 0.3) is 5.65 Å². The Morgan fingerprint density at radius 1 is 1.37 bits per heavy atom. The number of aromatic amines is 1. The van der Waals surface area contributed by atoms with Crippen molar-refractivity contribution >= 4 is 24.0 Å². The Morgan fingerprint density at radius 2 is 2.04 bits per heavy atom. The number of nitrogens with zero attached hydrogens (tertiary/aromatic N) is 2. The lowest BCUT2D eigenvalue weighted by molar-refractivity contribution is -0.141. The Bertz CT molecular complexity index is 872. The van der Waals surface area contributed by atoms with Gasteiger partial charge in [-0.05, 0) is 32.9 Å². The van der Waals surface area contributed by atoms with Gasteiger partial charge in [0.15, 0.2) is 5.65 Å². The standard InChI is InChI=1S/C16H19F3N4O3.ClH/c1-9-13(15(25)26-7-4-16(17,18)19)14-21-12(24)8-11(23(14)22-9)10-2-5-20-6-3-10;/h8,10,20H,2-7H2,1H3,(H,21,24);1H. The summed E-state index contributed by atoms with van der Waals surface area (Å²) >= 11 is 0. The Hall–Kier alpha value is -2.07. The first kappa shape index (κ1) is 21.2. The molecule has 0 saturated carbocycles. The maximum absolute atomic E-state index is 12.3. The van der Waals surface area contributed by atoms with Crippen LogP contribution in [0.2, 0.25) is 0 Å². The van der Waals surface area contributed by atoms with E-state index in [1.165, 1.54) is 10.6 Å². The van der Waals surface area contributed by atoms with Gasteiger partial charge in [0.1, 0.15) is 12.2 Å². The molecule has 0 unspecified atom stereocenters. The quantitative estimate of drug-likeness (QED) is 0.758. The highest BCUT2D eigenvalue weighted by molar-refractivity contribution is 5.97. The Kier molecular flexibility index (Phi) is 6.53. The summed E-state index contributed by atoms with van der Waals surface area (Å²) in [6, 6.07) is 1.45. The van der Waals surface area contributed by atoms with Crippen LogP contribution in [0.15, 0.2) is 10.9 Å². The Labute approximate surface area is 158 Å². The zero-order valence-corrected chi connectivity index (χ0v) is 15.4. The molecule has 2 aromatic rings. The summed E-state index contributed by atoms with van der Waals surface area (Å²) in [4.78, 5) is 26.9. The molecule has 1 fully saturated rings. The van der Waals surface area contributed by atoms with Crippen LogP contribution in [0.1, 0.15) is 46.9 Å². The average Bonchev–Trinajstić information content (AvgIpc) is 2.89. The number of aryl methyl sites for hydroxylation is 1. The summed E-state index contributed by atoms with van der Waals surface area (Å²) in [5.74, 6) is -0.825. The van der Waals surface area contributed by atoms with Crippen molar-refractivity contribution in [3.05, 3.63) is 33.4 Å². The molecule has 1 aliphatic rings. The lowest BCUT2D eigenvalue weighted by Gasteiger charge is -2.23. The van der Waals surface area contributed by atoms with Crippen LogP contribution >= 0.6 is 12.4 Å². The van der Waals surface area contributed by atoms with Gasteiger partial charge in [0.2, 0.25) is 0 Å². The van der Waals surface area contributed by atoms with E-state index in [1.807, 2.05) is 0 Å². The molecule has 27 heavy (non-hydrogen) atoms. The van der Waals surface area contributed by atoms with Gasteiger partial charge >= 0.3 is 12.1 Å². The normalized spacial score (nSPS) is 15.6. The maximum atomic E-state index is 12.3. The molecule has 0 radical (unpaired) electrons. The minimum atomic E-state index is -4.41. The SMILES string of the molecule is Cc1nn2c(C3CCNCC3)cc(=O)[nH]c2c1C(=O)OCCC(F)(F)F.Cl. The summed E-state index contributed by atoms with van der Waals surface area (Å²) in [5.41, 5.74) is 0.720. The van der Waals surface area contributed by atoms with Crippen molar-refractivity contribution in [3.8, 4) is 0 Å². The van der Waals surface area contributed by atoms with Crippen molar-refractivity contribution in [2.24, 2.45) is 0 Å². The van der Waals surface area contributed by atoms with Crippen molar-refractivity contribution in [2.45, 2.75) is 38.3 Å². The number of carbonyl (C=O) groups is 1. The molecule has 7 nitrogen and oxygen atoms in total. The number of carbonyl (C=O) groups excluding carboxylic acids is 1. The number of nitrogens with one attached hydrogen (secondary N) is 2. The number of alkyl halides is 3. The van der Waals surface area contributed by atoms with E-state index in [-0.39, 0.29) is 29.5 Å². The lowest BCUT2D eigenvalue weighted by atomic mass is 9.94. The number of fused-ring (bicyclic) bond motifs is 1. The highest BCUT2D eigenvalue weighted by Crippen LogP contribution is 2.26. The average molecular weight is 409 g/mol. The molecule has 0 aromatic carbocycles. The van der Waals surface area contributed by atoms with E-state index in [2.05, 4.69) is 15.4 Å². The van der Waals surface area contributed by atoms with Crippen molar-refractivity contribution in [2.75, 3.05) is 19.7 Å². The largest absolute Gasteiger partial charge is 0.462 e. The van der Waals surface area contributed by atoms with Crippen molar-refractivity contribution in [3.63, 3.8) is 0 Å².